The zero-order valence-electron chi connectivity index (χ0n) is 11.9. The second-order valence-electron chi connectivity index (χ2n) is 4.84. The normalized spacial score (nSPS) is 10.8. The minimum atomic E-state index is -0.240. The molecule has 106 valence electrons. The number of hydrogen-bond donors (Lipinski definition) is 0. The van der Waals surface area contributed by atoms with Gasteiger partial charge in [0.2, 0.25) is 0 Å². The van der Waals surface area contributed by atoms with Crippen LogP contribution < -0.4 is 5.56 Å². The molecular weight excluding hydrogens is 322 g/mol. The third-order valence-electron chi connectivity index (χ3n) is 3.55. The van der Waals surface area contributed by atoms with Gasteiger partial charge in [-0.05, 0) is 42.8 Å². The molecule has 0 aliphatic carbocycles. The highest BCUT2D eigenvalue weighted by molar-refractivity contribution is 9.10. The van der Waals surface area contributed by atoms with Crippen molar-refractivity contribution in [3.63, 3.8) is 0 Å². The molecule has 2 aromatic rings. The fraction of sp³-hybridized carbons (Fsp3) is 0.357. The maximum atomic E-state index is 12.3. The third-order valence-corrected chi connectivity index (χ3v) is 4.46. The molecule has 0 saturated carbocycles. The molecule has 6 heteroatoms. The third kappa shape index (κ3) is 2.47. The molecule has 0 aliphatic heterocycles. The SMILES string of the molecule is Cc1ncn(CC(=O)c2cc(C)n(C)c2C)c(=O)c1Br. The lowest BCUT2D eigenvalue weighted by atomic mass is 10.1. The number of hydrogen-bond acceptors (Lipinski definition) is 3. The van der Waals surface area contributed by atoms with Crippen molar-refractivity contribution in [2.75, 3.05) is 0 Å². The fourth-order valence-corrected chi connectivity index (χ4v) is 2.37. The number of nitrogens with zero attached hydrogens (tertiary/aromatic N) is 3. The van der Waals surface area contributed by atoms with Crippen molar-refractivity contribution >= 4 is 21.7 Å². The molecule has 2 rings (SSSR count). The summed E-state index contributed by atoms with van der Waals surface area (Å²) in [5.74, 6) is -0.0918. The number of halogens is 1. The topological polar surface area (TPSA) is 56.9 Å². The van der Waals surface area contributed by atoms with Gasteiger partial charge in [0.1, 0.15) is 4.47 Å². The zero-order valence-corrected chi connectivity index (χ0v) is 13.5. The van der Waals surface area contributed by atoms with Gasteiger partial charge in [0.25, 0.3) is 5.56 Å². The number of ketones is 1. The van der Waals surface area contributed by atoms with Gasteiger partial charge in [-0.1, -0.05) is 0 Å². The Bertz CT molecular complexity index is 744. The molecule has 0 bridgehead atoms. The minimum absolute atomic E-state index is 0.00495. The molecule has 0 radical (unpaired) electrons. The van der Waals surface area contributed by atoms with E-state index in [4.69, 9.17) is 0 Å². The van der Waals surface area contributed by atoms with E-state index in [0.717, 1.165) is 11.4 Å². The molecule has 0 atom stereocenters. The predicted octanol–water partition coefficient (Wildman–Crippen LogP) is 2.15. The van der Waals surface area contributed by atoms with Gasteiger partial charge in [0, 0.05) is 24.0 Å². The Morgan fingerprint density at radius 3 is 2.55 bits per heavy atom. The molecular formula is C14H16BrN3O2. The number of rotatable bonds is 3. The summed E-state index contributed by atoms with van der Waals surface area (Å²) in [5.41, 5.74) is 2.94. The molecule has 0 spiro atoms. The second kappa shape index (κ2) is 5.36. The lowest BCUT2D eigenvalue weighted by Crippen LogP contribution is -2.26. The largest absolute Gasteiger partial charge is 0.351 e. The lowest BCUT2D eigenvalue weighted by Gasteiger charge is -2.06. The molecule has 0 unspecified atom stereocenters. The van der Waals surface area contributed by atoms with Crippen molar-refractivity contribution < 1.29 is 4.79 Å². The molecule has 0 amide bonds. The Morgan fingerprint density at radius 2 is 2.00 bits per heavy atom. The summed E-state index contributed by atoms with van der Waals surface area (Å²) in [5, 5.41) is 0. The molecule has 0 fully saturated rings. The maximum Gasteiger partial charge on any atom is 0.268 e. The van der Waals surface area contributed by atoms with E-state index < -0.39 is 0 Å². The summed E-state index contributed by atoms with van der Waals surface area (Å²) in [6.07, 6.45) is 1.41. The van der Waals surface area contributed by atoms with Crippen LogP contribution in [0, 0.1) is 20.8 Å². The van der Waals surface area contributed by atoms with Gasteiger partial charge in [-0.2, -0.15) is 0 Å². The van der Waals surface area contributed by atoms with Gasteiger partial charge in [-0.15, -0.1) is 0 Å². The van der Waals surface area contributed by atoms with Crippen molar-refractivity contribution in [2.24, 2.45) is 7.05 Å². The van der Waals surface area contributed by atoms with Crippen LogP contribution in [0.3, 0.4) is 0 Å². The van der Waals surface area contributed by atoms with E-state index in [1.807, 2.05) is 31.5 Å². The van der Waals surface area contributed by atoms with Crippen LogP contribution in [0.5, 0.6) is 0 Å². The number of Topliss-reactive ketones (excluding diaryl/α,β-unsaturated/α-hetero) is 1. The van der Waals surface area contributed by atoms with Gasteiger partial charge in [0.15, 0.2) is 5.78 Å². The van der Waals surface area contributed by atoms with Gasteiger partial charge in [-0.3, -0.25) is 14.2 Å². The van der Waals surface area contributed by atoms with E-state index in [0.29, 0.717) is 15.7 Å². The lowest BCUT2D eigenvalue weighted by molar-refractivity contribution is 0.0969. The molecule has 0 saturated heterocycles. The summed E-state index contributed by atoms with van der Waals surface area (Å²) in [6, 6.07) is 1.85. The minimum Gasteiger partial charge on any atom is -0.351 e. The first kappa shape index (κ1) is 14.7. The van der Waals surface area contributed by atoms with Crippen molar-refractivity contribution in [2.45, 2.75) is 27.3 Å². The first-order valence-corrected chi connectivity index (χ1v) is 7.00. The van der Waals surface area contributed by atoms with Crippen molar-refractivity contribution in [3.05, 3.63) is 49.9 Å². The summed E-state index contributed by atoms with van der Waals surface area (Å²) in [6.45, 7) is 5.57. The van der Waals surface area contributed by atoms with Crippen molar-refractivity contribution in [1.82, 2.24) is 14.1 Å². The Kier molecular flexibility index (Phi) is 3.94. The van der Waals surface area contributed by atoms with Crippen LogP contribution in [0.4, 0.5) is 0 Å². The van der Waals surface area contributed by atoms with Crippen LogP contribution in [0.1, 0.15) is 27.4 Å². The van der Waals surface area contributed by atoms with Crippen LogP contribution in [0.2, 0.25) is 0 Å². The van der Waals surface area contributed by atoms with Crippen LogP contribution in [-0.4, -0.2) is 19.9 Å². The Labute approximate surface area is 125 Å². The molecule has 0 N–H and O–H groups in total. The van der Waals surface area contributed by atoms with Crippen LogP contribution in [-0.2, 0) is 13.6 Å². The van der Waals surface area contributed by atoms with Gasteiger partial charge >= 0.3 is 0 Å². The monoisotopic (exact) mass is 337 g/mol. The molecule has 20 heavy (non-hydrogen) atoms. The highest BCUT2D eigenvalue weighted by Crippen LogP contribution is 2.14. The Hall–Kier alpha value is -1.69. The summed E-state index contributed by atoms with van der Waals surface area (Å²) in [4.78, 5) is 28.5. The summed E-state index contributed by atoms with van der Waals surface area (Å²) in [7, 11) is 1.91. The zero-order chi connectivity index (χ0) is 15.0. The van der Waals surface area contributed by atoms with Gasteiger partial charge in [0.05, 0.1) is 18.6 Å². The average molecular weight is 338 g/mol. The molecule has 0 aliphatic rings. The van der Waals surface area contributed by atoms with E-state index in [9.17, 15) is 9.59 Å². The van der Waals surface area contributed by atoms with Crippen LogP contribution >= 0.6 is 15.9 Å². The molecule has 0 aromatic carbocycles. The fourth-order valence-electron chi connectivity index (χ4n) is 2.04. The van der Waals surface area contributed by atoms with Crippen molar-refractivity contribution in [1.29, 1.82) is 0 Å². The number of aromatic nitrogens is 3. The number of carbonyl (C=O) groups is 1. The molecule has 5 nitrogen and oxygen atoms in total. The highest BCUT2D eigenvalue weighted by atomic mass is 79.9. The number of carbonyl (C=O) groups excluding carboxylic acids is 1. The van der Waals surface area contributed by atoms with E-state index in [-0.39, 0.29) is 17.9 Å². The number of aryl methyl sites for hydroxylation is 2. The smallest absolute Gasteiger partial charge is 0.268 e. The van der Waals surface area contributed by atoms with Gasteiger partial charge < -0.3 is 4.57 Å². The molecule has 2 heterocycles. The average Bonchev–Trinajstić information content (AvgIpc) is 2.67. The van der Waals surface area contributed by atoms with Gasteiger partial charge in [-0.25, -0.2) is 4.98 Å². The molecule has 2 aromatic heterocycles. The second-order valence-corrected chi connectivity index (χ2v) is 5.64. The summed E-state index contributed by atoms with van der Waals surface area (Å²) >= 11 is 3.20. The maximum absolute atomic E-state index is 12.3. The van der Waals surface area contributed by atoms with E-state index in [2.05, 4.69) is 20.9 Å². The first-order valence-electron chi connectivity index (χ1n) is 6.20. The van der Waals surface area contributed by atoms with Crippen LogP contribution in [0.15, 0.2) is 21.7 Å². The van der Waals surface area contributed by atoms with E-state index in [1.54, 1.807) is 6.92 Å². The van der Waals surface area contributed by atoms with E-state index >= 15 is 0 Å². The van der Waals surface area contributed by atoms with E-state index in [1.165, 1.54) is 10.9 Å². The quantitative estimate of drug-likeness (QED) is 0.806. The predicted molar refractivity (Wildman–Crippen MR) is 80.2 cm³/mol. The summed E-state index contributed by atoms with van der Waals surface area (Å²) < 4.78 is 3.68. The van der Waals surface area contributed by atoms with Crippen molar-refractivity contribution in [3.8, 4) is 0 Å². The van der Waals surface area contributed by atoms with Crippen LogP contribution in [0.25, 0.3) is 0 Å². The Balaban J connectivity index is 2.35. The standard InChI is InChI=1S/C14H16BrN3O2/c1-8-5-11(10(3)17(8)4)12(19)6-18-7-16-9(2)13(15)14(18)20/h5,7H,6H2,1-4H3. The Morgan fingerprint density at radius 1 is 1.35 bits per heavy atom. The highest BCUT2D eigenvalue weighted by Gasteiger charge is 2.16. The first-order chi connectivity index (χ1) is 9.32.